The highest BCUT2D eigenvalue weighted by Crippen LogP contribution is 2.23. The molecule has 0 bridgehead atoms. The lowest BCUT2D eigenvalue weighted by Gasteiger charge is -2.24. The normalized spacial score (nSPS) is 23.1. The molecule has 3 rings (SSSR count). The highest BCUT2D eigenvalue weighted by atomic mass is 16.3. The topological polar surface area (TPSA) is 61.3 Å². The first-order valence-corrected chi connectivity index (χ1v) is 7.73. The molecule has 0 radical (unpaired) electrons. The molecule has 114 valence electrons. The van der Waals surface area contributed by atoms with E-state index in [1.54, 1.807) is 0 Å². The number of H-pyrrole nitrogens is 1. The van der Waals surface area contributed by atoms with Gasteiger partial charge in [-0.1, -0.05) is 19.1 Å². The molecule has 1 aliphatic heterocycles. The van der Waals surface area contributed by atoms with Crippen LogP contribution in [0.4, 0.5) is 0 Å². The van der Waals surface area contributed by atoms with Crippen molar-refractivity contribution in [1.29, 1.82) is 0 Å². The second-order valence-corrected chi connectivity index (χ2v) is 6.00. The van der Waals surface area contributed by atoms with Crippen molar-refractivity contribution in [2.45, 2.75) is 32.4 Å². The van der Waals surface area contributed by atoms with Crippen LogP contribution in [-0.2, 0) is 6.54 Å². The van der Waals surface area contributed by atoms with Gasteiger partial charge in [0, 0.05) is 19.1 Å². The molecule has 21 heavy (non-hydrogen) atoms. The smallest absolute Gasteiger partial charge is 0.326 e. The maximum Gasteiger partial charge on any atom is 0.326 e. The number of aliphatic hydroxyl groups is 1. The summed E-state index contributed by atoms with van der Waals surface area (Å²) < 4.78 is 1.81. The van der Waals surface area contributed by atoms with Gasteiger partial charge in [-0.2, -0.15) is 0 Å². The Kier molecular flexibility index (Phi) is 4.12. The maximum atomic E-state index is 12.0. The molecule has 2 N–H and O–H groups in total. The van der Waals surface area contributed by atoms with E-state index in [0.717, 1.165) is 37.0 Å². The van der Waals surface area contributed by atoms with Crippen LogP contribution in [-0.4, -0.2) is 45.3 Å². The van der Waals surface area contributed by atoms with Crippen molar-refractivity contribution in [3.05, 3.63) is 34.7 Å². The summed E-state index contributed by atoms with van der Waals surface area (Å²) in [6.07, 6.45) is 2.07. The van der Waals surface area contributed by atoms with Gasteiger partial charge in [-0.3, -0.25) is 9.47 Å². The van der Waals surface area contributed by atoms with Gasteiger partial charge in [0.2, 0.25) is 0 Å². The Morgan fingerprint density at radius 1 is 1.33 bits per heavy atom. The highest BCUT2D eigenvalue weighted by Gasteiger charge is 2.29. The van der Waals surface area contributed by atoms with Gasteiger partial charge in [-0.15, -0.1) is 0 Å². The van der Waals surface area contributed by atoms with E-state index in [0.29, 0.717) is 12.5 Å². The molecule has 5 heteroatoms. The van der Waals surface area contributed by atoms with Crippen molar-refractivity contribution in [2.75, 3.05) is 19.7 Å². The van der Waals surface area contributed by atoms with Gasteiger partial charge in [0.25, 0.3) is 0 Å². The predicted octanol–water partition coefficient (Wildman–Crippen LogP) is 1.42. The molecule has 2 heterocycles. The number of likely N-dealkylation sites (tertiary alicyclic amines) is 1. The van der Waals surface area contributed by atoms with Gasteiger partial charge < -0.3 is 10.1 Å². The van der Waals surface area contributed by atoms with Crippen LogP contribution < -0.4 is 5.69 Å². The van der Waals surface area contributed by atoms with E-state index in [1.807, 2.05) is 28.8 Å². The van der Waals surface area contributed by atoms with Crippen LogP contribution in [0.15, 0.2) is 29.1 Å². The summed E-state index contributed by atoms with van der Waals surface area (Å²) in [6.45, 7) is 5.13. The third-order valence-corrected chi connectivity index (χ3v) is 4.69. The Bertz CT molecular complexity index is 661. The van der Waals surface area contributed by atoms with Gasteiger partial charge >= 0.3 is 5.69 Å². The number of hydrogen-bond donors (Lipinski definition) is 2. The molecule has 1 aromatic carbocycles. The van der Waals surface area contributed by atoms with Gasteiger partial charge in [0.15, 0.2) is 0 Å². The van der Waals surface area contributed by atoms with E-state index >= 15 is 0 Å². The minimum atomic E-state index is -0.0373. The van der Waals surface area contributed by atoms with Crippen LogP contribution in [0, 0.1) is 5.92 Å². The van der Waals surface area contributed by atoms with Crippen LogP contribution in [0.25, 0.3) is 11.0 Å². The molecule has 2 aromatic rings. The van der Waals surface area contributed by atoms with Crippen molar-refractivity contribution < 1.29 is 5.11 Å². The first kappa shape index (κ1) is 14.4. The standard InChI is InChI=1S/C16H23N3O2/c1-12-7-10-18(15(12)11-20)8-4-9-19-14-6-3-2-5-13(14)17-16(19)21/h2-3,5-6,12,15,20H,4,7-11H2,1H3,(H,17,21). The van der Waals surface area contributed by atoms with Gasteiger partial charge in [-0.05, 0) is 37.4 Å². The zero-order valence-corrected chi connectivity index (χ0v) is 12.5. The zero-order chi connectivity index (χ0) is 14.8. The Hall–Kier alpha value is -1.59. The fourth-order valence-corrected chi connectivity index (χ4v) is 3.42. The Morgan fingerprint density at radius 3 is 2.95 bits per heavy atom. The van der Waals surface area contributed by atoms with E-state index in [-0.39, 0.29) is 18.3 Å². The Labute approximate surface area is 124 Å². The number of aromatic nitrogens is 2. The summed E-state index contributed by atoms with van der Waals surface area (Å²) in [5.41, 5.74) is 1.83. The molecule has 1 saturated heterocycles. The third kappa shape index (κ3) is 2.76. The maximum absolute atomic E-state index is 12.0. The minimum Gasteiger partial charge on any atom is -0.395 e. The molecule has 0 spiro atoms. The van der Waals surface area contributed by atoms with E-state index in [1.165, 1.54) is 0 Å². The van der Waals surface area contributed by atoms with Crippen LogP contribution in [0.3, 0.4) is 0 Å². The lowest BCUT2D eigenvalue weighted by Crippen LogP contribution is -2.36. The molecule has 1 fully saturated rings. The van der Waals surface area contributed by atoms with E-state index in [9.17, 15) is 9.90 Å². The second-order valence-electron chi connectivity index (χ2n) is 6.00. The summed E-state index contributed by atoms with van der Waals surface area (Å²) in [6, 6.07) is 8.07. The van der Waals surface area contributed by atoms with Crippen molar-refractivity contribution in [2.24, 2.45) is 5.92 Å². The number of imidazole rings is 1. The van der Waals surface area contributed by atoms with Gasteiger partial charge in [-0.25, -0.2) is 4.79 Å². The minimum absolute atomic E-state index is 0.0373. The number of nitrogens with zero attached hydrogens (tertiary/aromatic N) is 2. The number of hydrogen-bond acceptors (Lipinski definition) is 3. The first-order chi connectivity index (χ1) is 10.2. The second kappa shape index (κ2) is 6.03. The summed E-state index contributed by atoms with van der Waals surface area (Å²) in [5, 5.41) is 9.47. The number of fused-ring (bicyclic) bond motifs is 1. The number of para-hydroxylation sites is 2. The monoisotopic (exact) mass is 289 g/mol. The lowest BCUT2D eigenvalue weighted by atomic mass is 10.0. The number of aryl methyl sites for hydroxylation is 1. The SMILES string of the molecule is CC1CCN(CCCn2c(=O)[nH]c3ccccc32)C1CO. The molecule has 2 unspecified atom stereocenters. The average molecular weight is 289 g/mol. The van der Waals surface area contributed by atoms with Crippen LogP contribution >= 0.6 is 0 Å². The molecular formula is C16H23N3O2. The lowest BCUT2D eigenvalue weighted by molar-refractivity contribution is 0.137. The van der Waals surface area contributed by atoms with Crippen LogP contribution in [0.2, 0.25) is 0 Å². The summed E-state index contributed by atoms with van der Waals surface area (Å²) in [5.74, 6) is 0.561. The molecule has 0 aliphatic carbocycles. The predicted molar refractivity (Wildman–Crippen MR) is 83.4 cm³/mol. The molecule has 2 atom stereocenters. The van der Waals surface area contributed by atoms with E-state index < -0.39 is 0 Å². The fraction of sp³-hybridized carbons (Fsp3) is 0.562. The summed E-state index contributed by atoms with van der Waals surface area (Å²) >= 11 is 0. The van der Waals surface area contributed by atoms with Crippen molar-refractivity contribution >= 4 is 11.0 Å². The quantitative estimate of drug-likeness (QED) is 0.875. The number of nitrogens with one attached hydrogen (secondary N) is 1. The van der Waals surface area contributed by atoms with E-state index in [2.05, 4.69) is 16.8 Å². The Morgan fingerprint density at radius 2 is 2.14 bits per heavy atom. The van der Waals surface area contributed by atoms with Gasteiger partial charge in [0.05, 0.1) is 17.6 Å². The van der Waals surface area contributed by atoms with Gasteiger partial charge in [0.1, 0.15) is 0 Å². The third-order valence-electron chi connectivity index (χ3n) is 4.69. The fourth-order valence-electron chi connectivity index (χ4n) is 3.42. The number of aromatic amines is 1. The molecule has 1 aromatic heterocycles. The number of aliphatic hydroxyl groups excluding tert-OH is 1. The summed E-state index contributed by atoms with van der Waals surface area (Å²) in [4.78, 5) is 17.2. The van der Waals surface area contributed by atoms with Crippen molar-refractivity contribution in [3.8, 4) is 0 Å². The average Bonchev–Trinajstić information content (AvgIpc) is 2.99. The molecule has 5 nitrogen and oxygen atoms in total. The molecule has 0 amide bonds. The largest absolute Gasteiger partial charge is 0.395 e. The van der Waals surface area contributed by atoms with Crippen LogP contribution in [0.5, 0.6) is 0 Å². The Balaban J connectivity index is 1.65. The molecule has 0 saturated carbocycles. The van der Waals surface area contributed by atoms with E-state index in [4.69, 9.17) is 0 Å². The summed E-state index contributed by atoms with van der Waals surface area (Å²) in [7, 11) is 0. The zero-order valence-electron chi connectivity index (χ0n) is 12.5. The molecular weight excluding hydrogens is 266 g/mol. The first-order valence-electron chi connectivity index (χ1n) is 7.73. The molecule has 1 aliphatic rings. The number of benzene rings is 1. The number of rotatable bonds is 5. The van der Waals surface area contributed by atoms with Crippen LogP contribution in [0.1, 0.15) is 19.8 Å². The van der Waals surface area contributed by atoms with Crippen molar-refractivity contribution in [1.82, 2.24) is 14.5 Å². The van der Waals surface area contributed by atoms with Crippen molar-refractivity contribution in [3.63, 3.8) is 0 Å². The highest BCUT2D eigenvalue weighted by molar-refractivity contribution is 5.74.